The van der Waals surface area contributed by atoms with E-state index in [-0.39, 0.29) is 17.9 Å². The summed E-state index contributed by atoms with van der Waals surface area (Å²) in [6, 6.07) is 16.6. The minimum atomic E-state index is 0. The standard InChI is InChI=1S/C24H35NO2.ClH/c1-23(2,3)18-24(4,5)25-17-20-12-13-21(22(16-20)26-6)27-15-14-19-10-8-7-9-11-19;/h7-13,16,25H,14-15,17-18H2,1-6H3;1H. The van der Waals surface area contributed by atoms with Crippen molar-refractivity contribution in [2.45, 2.75) is 59.5 Å². The lowest BCUT2D eigenvalue weighted by atomic mass is 9.82. The van der Waals surface area contributed by atoms with Gasteiger partial charge in [0.1, 0.15) is 0 Å². The second-order valence-electron chi connectivity index (χ2n) is 9.04. The molecule has 0 aliphatic carbocycles. The molecule has 0 amide bonds. The Bertz CT molecular complexity index is 708. The van der Waals surface area contributed by atoms with E-state index < -0.39 is 0 Å². The van der Waals surface area contributed by atoms with Crippen molar-refractivity contribution in [1.29, 1.82) is 0 Å². The summed E-state index contributed by atoms with van der Waals surface area (Å²) in [5.74, 6) is 1.59. The summed E-state index contributed by atoms with van der Waals surface area (Å²) >= 11 is 0. The first kappa shape index (κ1) is 24.3. The largest absolute Gasteiger partial charge is 0.493 e. The molecule has 0 unspecified atom stereocenters. The zero-order valence-electron chi connectivity index (χ0n) is 18.2. The maximum Gasteiger partial charge on any atom is 0.161 e. The van der Waals surface area contributed by atoms with Crippen molar-refractivity contribution in [3.63, 3.8) is 0 Å². The van der Waals surface area contributed by atoms with E-state index in [1.807, 2.05) is 12.1 Å². The van der Waals surface area contributed by atoms with E-state index in [2.05, 4.69) is 76.3 Å². The molecule has 0 saturated carbocycles. The third-order valence-corrected chi connectivity index (χ3v) is 4.46. The zero-order chi connectivity index (χ0) is 19.9. The van der Waals surface area contributed by atoms with Crippen LogP contribution in [-0.2, 0) is 13.0 Å². The summed E-state index contributed by atoms with van der Waals surface area (Å²) in [6.45, 7) is 12.8. The summed E-state index contributed by atoms with van der Waals surface area (Å²) in [5, 5.41) is 3.67. The zero-order valence-corrected chi connectivity index (χ0v) is 19.0. The first-order valence-electron chi connectivity index (χ1n) is 9.77. The van der Waals surface area contributed by atoms with Crippen LogP contribution in [0.25, 0.3) is 0 Å². The Morgan fingerprint density at radius 3 is 2.14 bits per heavy atom. The van der Waals surface area contributed by atoms with E-state index in [0.29, 0.717) is 12.0 Å². The number of hydrogen-bond acceptors (Lipinski definition) is 3. The van der Waals surface area contributed by atoms with Gasteiger partial charge >= 0.3 is 0 Å². The molecule has 0 spiro atoms. The molecule has 0 aliphatic heterocycles. The topological polar surface area (TPSA) is 30.5 Å². The highest BCUT2D eigenvalue weighted by Crippen LogP contribution is 2.30. The minimum Gasteiger partial charge on any atom is -0.493 e. The normalized spacial score (nSPS) is 11.6. The van der Waals surface area contributed by atoms with Crippen LogP contribution in [0.1, 0.15) is 52.2 Å². The molecule has 0 fully saturated rings. The molecule has 2 rings (SSSR count). The molecule has 28 heavy (non-hydrogen) atoms. The molecule has 0 aromatic heterocycles. The van der Waals surface area contributed by atoms with Crippen LogP contribution in [0.3, 0.4) is 0 Å². The van der Waals surface area contributed by atoms with Crippen LogP contribution < -0.4 is 14.8 Å². The molecule has 156 valence electrons. The van der Waals surface area contributed by atoms with Crippen molar-refractivity contribution >= 4 is 12.4 Å². The number of hydrogen-bond donors (Lipinski definition) is 1. The number of halogens is 1. The number of nitrogens with one attached hydrogen (secondary N) is 1. The maximum atomic E-state index is 5.95. The van der Waals surface area contributed by atoms with Crippen LogP contribution in [0.2, 0.25) is 0 Å². The number of ether oxygens (including phenoxy) is 2. The van der Waals surface area contributed by atoms with Gasteiger partial charge in [0.25, 0.3) is 0 Å². The number of benzene rings is 2. The average Bonchev–Trinajstić information content (AvgIpc) is 2.59. The molecule has 4 heteroatoms. The van der Waals surface area contributed by atoms with Gasteiger partial charge in [-0.3, -0.25) is 0 Å². The van der Waals surface area contributed by atoms with Crippen molar-refractivity contribution in [3.05, 3.63) is 59.7 Å². The van der Waals surface area contributed by atoms with Gasteiger partial charge in [0, 0.05) is 18.5 Å². The highest BCUT2D eigenvalue weighted by Gasteiger charge is 2.24. The fourth-order valence-electron chi connectivity index (χ4n) is 3.59. The minimum absolute atomic E-state index is 0. The van der Waals surface area contributed by atoms with Crippen LogP contribution in [0.4, 0.5) is 0 Å². The van der Waals surface area contributed by atoms with Crippen molar-refractivity contribution in [2.75, 3.05) is 13.7 Å². The second kappa shape index (κ2) is 10.7. The Morgan fingerprint density at radius 1 is 0.857 bits per heavy atom. The van der Waals surface area contributed by atoms with Gasteiger partial charge in [-0.15, -0.1) is 12.4 Å². The van der Waals surface area contributed by atoms with Gasteiger partial charge in [-0.25, -0.2) is 0 Å². The van der Waals surface area contributed by atoms with Gasteiger partial charge in [-0.2, -0.15) is 0 Å². The smallest absolute Gasteiger partial charge is 0.161 e. The predicted octanol–water partition coefficient (Wildman–Crippen LogP) is 6.04. The molecule has 2 aromatic carbocycles. The Hall–Kier alpha value is -1.71. The molecule has 2 aromatic rings. The van der Waals surface area contributed by atoms with Crippen molar-refractivity contribution in [1.82, 2.24) is 5.32 Å². The summed E-state index contributed by atoms with van der Waals surface area (Å²) < 4.78 is 11.5. The highest BCUT2D eigenvalue weighted by molar-refractivity contribution is 5.85. The Kier molecular flexibility index (Phi) is 9.32. The van der Waals surface area contributed by atoms with Crippen LogP contribution in [0.5, 0.6) is 11.5 Å². The van der Waals surface area contributed by atoms with E-state index in [1.54, 1.807) is 7.11 Å². The van der Waals surface area contributed by atoms with Gasteiger partial charge in [0.05, 0.1) is 13.7 Å². The lowest BCUT2D eigenvalue weighted by molar-refractivity contribution is 0.240. The highest BCUT2D eigenvalue weighted by atomic mass is 35.5. The fraction of sp³-hybridized carbons (Fsp3) is 0.500. The Balaban J connectivity index is 0.00000392. The molecule has 0 saturated heterocycles. The molecular formula is C24H36ClNO2. The average molecular weight is 406 g/mol. The van der Waals surface area contributed by atoms with Gasteiger partial charge in [-0.1, -0.05) is 57.2 Å². The SMILES string of the molecule is COc1cc(CNC(C)(C)CC(C)(C)C)ccc1OCCc1ccccc1.Cl. The van der Waals surface area contributed by atoms with E-state index in [1.165, 1.54) is 11.1 Å². The monoisotopic (exact) mass is 405 g/mol. The number of methoxy groups -OCH3 is 1. The van der Waals surface area contributed by atoms with Crippen LogP contribution in [0.15, 0.2) is 48.5 Å². The third kappa shape index (κ3) is 8.53. The summed E-state index contributed by atoms with van der Waals surface area (Å²) in [5.41, 5.74) is 2.85. The van der Waals surface area contributed by atoms with Crippen LogP contribution in [0, 0.1) is 5.41 Å². The lowest BCUT2D eigenvalue weighted by Crippen LogP contribution is -2.41. The molecule has 0 aliphatic rings. The Morgan fingerprint density at radius 2 is 1.54 bits per heavy atom. The molecular weight excluding hydrogens is 370 g/mol. The van der Waals surface area contributed by atoms with Crippen molar-refractivity contribution in [2.24, 2.45) is 5.41 Å². The molecule has 1 N–H and O–H groups in total. The fourth-order valence-corrected chi connectivity index (χ4v) is 3.59. The van der Waals surface area contributed by atoms with Crippen LogP contribution in [-0.4, -0.2) is 19.3 Å². The van der Waals surface area contributed by atoms with E-state index >= 15 is 0 Å². The molecule has 0 bridgehead atoms. The van der Waals surface area contributed by atoms with E-state index in [9.17, 15) is 0 Å². The Labute approximate surface area is 177 Å². The van der Waals surface area contributed by atoms with Gasteiger partial charge in [0.2, 0.25) is 0 Å². The molecule has 0 atom stereocenters. The van der Waals surface area contributed by atoms with Crippen molar-refractivity contribution in [3.8, 4) is 11.5 Å². The van der Waals surface area contributed by atoms with E-state index in [4.69, 9.17) is 9.47 Å². The lowest BCUT2D eigenvalue weighted by Gasteiger charge is -2.33. The van der Waals surface area contributed by atoms with Crippen LogP contribution >= 0.6 is 12.4 Å². The molecule has 3 nitrogen and oxygen atoms in total. The second-order valence-corrected chi connectivity index (χ2v) is 9.04. The molecule has 0 heterocycles. The van der Waals surface area contributed by atoms with Crippen molar-refractivity contribution < 1.29 is 9.47 Å². The summed E-state index contributed by atoms with van der Waals surface area (Å²) in [4.78, 5) is 0. The summed E-state index contributed by atoms with van der Waals surface area (Å²) in [6.07, 6.45) is 1.99. The molecule has 0 radical (unpaired) electrons. The predicted molar refractivity (Wildman–Crippen MR) is 121 cm³/mol. The quantitative estimate of drug-likeness (QED) is 0.551. The van der Waals surface area contributed by atoms with Gasteiger partial charge in [0.15, 0.2) is 11.5 Å². The first-order chi connectivity index (χ1) is 12.7. The number of rotatable bonds is 9. The first-order valence-corrected chi connectivity index (χ1v) is 9.77. The summed E-state index contributed by atoms with van der Waals surface area (Å²) in [7, 11) is 1.69. The van der Waals surface area contributed by atoms with E-state index in [0.717, 1.165) is 30.9 Å². The van der Waals surface area contributed by atoms with Gasteiger partial charge in [-0.05, 0) is 48.9 Å². The maximum absolute atomic E-state index is 5.95. The third-order valence-electron chi connectivity index (χ3n) is 4.46. The van der Waals surface area contributed by atoms with Gasteiger partial charge < -0.3 is 14.8 Å².